The summed E-state index contributed by atoms with van der Waals surface area (Å²) in [7, 11) is 0. The predicted molar refractivity (Wildman–Crippen MR) is 44.8 cm³/mol. The Morgan fingerprint density at radius 3 is 3.45 bits per heavy atom. The van der Waals surface area contributed by atoms with Crippen LogP contribution in [0.3, 0.4) is 0 Å². The van der Waals surface area contributed by atoms with Crippen LogP contribution in [0.2, 0.25) is 0 Å². The Bertz CT molecular complexity index is 316. The highest BCUT2D eigenvalue weighted by Gasteiger charge is 2.12. The van der Waals surface area contributed by atoms with E-state index in [1.807, 2.05) is 5.38 Å². The summed E-state index contributed by atoms with van der Waals surface area (Å²) in [6.07, 6.45) is 1.71. The molecule has 1 aliphatic rings. The molecule has 0 saturated carbocycles. The highest BCUT2D eigenvalue weighted by Crippen LogP contribution is 2.26. The topological polar surface area (TPSA) is 41.5 Å². The van der Waals surface area contributed by atoms with Crippen molar-refractivity contribution in [2.45, 2.75) is 0 Å². The number of amides is 1. The van der Waals surface area contributed by atoms with Crippen molar-refractivity contribution < 1.29 is 4.79 Å². The fourth-order valence-corrected chi connectivity index (χ4v) is 1.69. The number of nitrogens with zero attached hydrogens (tertiary/aromatic N) is 1. The summed E-state index contributed by atoms with van der Waals surface area (Å²) in [5.74, 6) is -0.0289. The lowest BCUT2D eigenvalue weighted by molar-refractivity contribution is 0.0961. The van der Waals surface area contributed by atoms with Crippen molar-refractivity contribution >= 4 is 28.5 Å². The van der Waals surface area contributed by atoms with Gasteiger partial charge in [0.2, 0.25) is 0 Å². The Balaban J connectivity index is 2.53. The average Bonchev–Trinajstić information content (AvgIpc) is 2.40. The van der Waals surface area contributed by atoms with E-state index in [1.54, 1.807) is 12.3 Å². The second-order valence-corrected chi connectivity index (χ2v) is 3.06. The van der Waals surface area contributed by atoms with E-state index in [4.69, 9.17) is 0 Å². The average molecular weight is 166 g/mol. The van der Waals surface area contributed by atoms with Crippen molar-refractivity contribution in [3.63, 3.8) is 0 Å². The lowest BCUT2D eigenvalue weighted by atomic mass is 10.3. The van der Waals surface area contributed by atoms with Crippen LogP contribution in [0.5, 0.6) is 0 Å². The molecule has 0 spiro atoms. The van der Waals surface area contributed by atoms with E-state index >= 15 is 0 Å². The van der Waals surface area contributed by atoms with Gasteiger partial charge in [-0.25, -0.2) is 4.99 Å². The van der Waals surface area contributed by atoms with Crippen LogP contribution >= 0.6 is 11.3 Å². The first-order chi connectivity index (χ1) is 5.38. The van der Waals surface area contributed by atoms with Crippen molar-refractivity contribution in [2.24, 2.45) is 4.99 Å². The Labute approximate surface area is 67.8 Å². The summed E-state index contributed by atoms with van der Waals surface area (Å²) >= 11 is 1.48. The van der Waals surface area contributed by atoms with Gasteiger partial charge in [0.25, 0.3) is 5.91 Å². The lowest BCUT2D eigenvalue weighted by Crippen LogP contribution is -2.23. The van der Waals surface area contributed by atoms with Gasteiger partial charge in [-0.15, -0.1) is 11.3 Å². The molecule has 3 nitrogen and oxygen atoms in total. The SMILES string of the molecule is O=C1NCC=Nc2sccc21. The molecule has 2 rings (SSSR count). The molecule has 0 saturated heterocycles. The first kappa shape index (κ1) is 6.54. The van der Waals surface area contributed by atoms with Gasteiger partial charge in [-0.1, -0.05) is 0 Å². The minimum atomic E-state index is -0.0289. The number of carbonyl (C=O) groups is 1. The molecular weight excluding hydrogens is 160 g/mol. The van der Waals surface area contributed by atoms with E-state index < -0.39 is 0 Å². The van der Waals surface area contributed by atoms with Gasteiger partial charge in [-0.3, -0.25) is 4.79 Å². The van der Waals surface area contributed by atoms with Crippen molar-refractivity contribution in [1.29, 1.82) is 0 Å². The number of hydrogen-bond donors (Lipinski definition) is 1. The third-order valence-corrected chi connectivity index (χ3v) is 2.27. The molecule has 0 aliphatic carbocycles. The normalized spacial score (nSPS) is 15.5. The fraction of sp³-hybridized carbons (Fsp3) is 0.143. The van der Waals surface area contributed by atoms with Gasteiger partial charge in [0.15, 0.2) is 0 Å². The number of fused-ring (bicyclic) bond motifs is 1. The summed E-state index contributed by atoms with van der Waals surface area (Å²) in [5.41, 5.74) is 0.684. The Hall–Kier alpha value is -1.16. The molecule has 1 N–H and O–H groups in total. The number of nitrogens with one attached hydrogen (secondary N) is 1. The summed E-state index contributed by atoms with van der Waals surface area (Å²) < 4.78 is 0. The van der Waals surface area contributed by atoms with Crippen LogP contribution < -0.4 is 5.32 Å². The van der Waals surface area contributed by atoms with E-state index in [1.165, 1.54) is 11.3 Å². The monoisotopic (exact) mass is 166 g/mol. The van der Waals surface area contributed by atoms with E-state index in [0.717, 1.165) is 5.00 Å². The summed E-state index contributed by atoms with van der Waals surface area (Å²) in [4.78, 5) is 15.3. The highest BCUT2D eigenvalue weighted by atomic mass is 32.1. The molecule has 1 aromatic rings. The molecule has 1 aromatic heterocycles. The first-order valence-electron chi connectivity index (χ1n) is 3.26. The first-order valence-corrected chi connectivity index (χ1v) is 4.14. The minimum Gasteiger partial charge on any atom is -0.347 e. The molecule has 0 aromatic carbocycles. The molecule has 0 radical (unpaired) electrons. The molecule has 0 bridgehead atoms. The van der Waals surface area contributed by atoms with Crippen LogP contribution in [0.25, 0.3) is 0 Å². The number of hydrogen-bond acceptors (Lipinski definition) is 3. The molecule has 1 amide bonds. The van der Waals surface area contributed by atoms with Gasteiger partial charge in [-0.2, -0.15) is 0 Å². The lowest BCUT2D eigenvalue weighted by Gasteiger charge is -1.94. The molecule has 0 fully saturated rings. The molecule has 0 atom stereocenters. The zero-order valence-corrected chi connectivity index (χ0v) is 6.52. The maximum atomic E-state index is 11.2. The van der Waals surface area contributed by atoms with Crippen LogP contribution in [0, 0.1) is 0 Å². The van der Waals surface area contributed by atoms with Crippen molar-refractivity contribution in [2.75, 3.05) is 6.54 Å². The van der Waals surface area contributed by atoms with E-state index in [-0.39, 0.29) is 5.91 Å². The number of aliphatic imine (C=N–C) groups is 1. The van der Waals surface area contributed by atoms with Crippen molar-refractivity contribution in [3.05, 3.63) is 17.0 Å². The molecule has 1 aliphatic heterocycles. The largest absolute Gasteiger partial charge is 0.347 e. The smallest absolute Gasteiger partial charge is 0.254 e. The summed E-state index contributed by atoms with van der Waals surface area (Å²) in [6.45, 7) is 0.528. The quantitative estimate of drug-likeness (QED) is 0.618. The van der Waals surface area contributed by atoms with Gasteiger partial charge in [0.1, 0.15) is 5.00 Å². The van der Waals surface area contributed by atoms with Crippen molar-refractivity contribution in [3.8, 4) is 0 Å². The summed E-state index contributed by atoms with van der Waals surface area (Å²) in [5, 5.41) is 5.38. The van der Waals surface area contributed by atoms with Crippen LogP contribution in [-0.2, 0) is 0 Å². The Morgan fingerprint density at radius 2 is 2.55 bits per heavy atom. The molecule has 4 heteroatoms. The second-order valence-electron chi connectivity index (χ2n) is 2.16. The Kier molecular flexibility index (Phi) is 1.47. The standard InChI is InChI=1S/C7H6N2OS/c10-6-5-1-4-11-7(5)9-3-2-8-6/h1,3-4H,2H2,(H,8,10). The zero-order valence-electron chi connectivity index (χ0n) is 5.70. The molecule has 56 valence electrons. The van der Waals surface area contributed by atoms with Gasteiger partial charge in [0.05, 0.1) is 12.1 Å². The maximum Gasteiger partial charge on any atom is 0.254 e. The zero-order chi connectivity index (χ0) is 7.68. The number of thiophene rings is 1. The van der Waals surface area contributed by atoms with Gasteiger partial charge >= 0.3 is 0 Å². The van der Waals surface area contributed by atoms with Crippen LogP contribution in [0.15, 0.2) is 16.4 Å². The maximum absolute atomic E-state index is 11.2. The van der Waals surface area contributed by atoms with Crippen LogP contribution in [0.1, 0.15) is 10.4 Å². The van der Waals surface area contributed by atoms with Crippen molar-refractivity contribution in [1.82, 2.24) is 5.32 Å². The highest BCUT2D eigenvalue weighted by molar-refractivity contribution is 7.14. The van der Waals surface area contributed by atoms with Crippen LogP contribution in [0.4, 0.5) is 5.00 Å². The van der Waals surface area contributed by atoms with Crippen LogP contribution in [-0.4, -0.2) is 18.7 Å². The molecule has 11 heavy (non-hydrogen) atoms. The Morgan fingerprint density at radius 1 is 1.64 bits per heavy atom. The van der Waals surface area contributed by atoms with Gasteiger partial charge < -0.3 is 5.32 Å². The third kappa shape index (κ3) is 1.05. The predicted octanol–water partition coefficient (Wildman–Crippen LogP) is 1.19. The second kappa shape index (κ2) is 2.47. The van der Waals surface area contributed by atoms with Gasteiger partial charge in [0, 0.05) is 6.21 Å². The number of carbonyl (C=O) groups excluding carboxylic acids is 1. The van der Waals surface area contributed by atoms with E-state index in [2.05, 4.69) is 10.3 Å². The fourth-order valence-electron chi connectivity index (χ4n) is 0.936. The minimum absolute atomic E-state index is 0.0289. The summed E-state index contributed by atoms with van der Waals surface area (Å²) in [6, 6.07) is 1.79. The molecule has 0 unspecified atom stereocenters. The number of rotatable bonds is 0. The van der Waals surface area contributed by atoms with Gasteiger partial charge in [-0.05, 0) is 11.4 Å². The third-order valence-electron chi connectivity index (χ3n) is 1.45. The molecular formula is C7H6N2OS. The molecule has 2 heterocycles. The van der Waals surface area contributed by atoms with E-state index in [0.29, 0.717) is 12.1 Å². The van der Waals surface area contributed by atoms with E-state index in [9.17, 15) is 4.79 Å².